The number of hydrogen-bond donors (Lipinski definition) is 1. The minimum atomic E-state index is -1.65. The number of rotatable bonds is 1. The molecule has 7 heteroatoms. The molecular formula is C21H17Cl2N5. The summed E-state index contributed by atoms with van der Waals surface area (Å²) in [5, 5.41) is 30.8. The predicted octanol–water partition coefficient (Wildman–Crippen LogP) is 3.88. The molecule has 1 aliphatic carbocycles. The average molecular weight is 410 g/mol. The van der Waals surface area contributed by atoms with Crippen LogP contribution >= 0.6 is 23.2 Å². The first-order chi connectivity index (χ1) is 13.4. The van der Waals surface area contributed by atoms with Crippen LogP contribution in [0.2, 0.25) is 10.0 Å². The van der Waals surface area contributed by atoms with E-state index in [0.29, 0.717) is 10.0 Å². The standard InChI is InChI=1S/C21H17Cl2N5/c1-28-12-3-5-17(28)18-13(7-12)14(8-24)20(27)21(9-25,10-26)19(18)11-2-4-15(22)16(23)6-11/h2,4,6-7,12,17-19H,3,5,27H2,1H3/t12-,17-,18+,19-/m1/s1. The van der Waals surface area contributed by atoms with Gasteiger partial charge in [0.05, 0.1) is 33.5 Å². The molecule has 0 saturated carbocycles. The number of allylic oxidation sites excluding steroid dienone is 2. The summed E-state index contributed by atoms with van der Waals surface area (Å²) in [4.78, 5) is 2.27. The molecule has 1 fully saturated rings. The number of likely N-dealkylation sites (N-methyl/N-ethyl adjacent to an activating group) is 1. The molecule has 0 amide bonds. The lowest BCUT2D eigenvalue weighted by Crippen LogP contribution is -2.51. The fourth-order valence-electron chi connectivity index (χ4n) is 5.17. The van der Waals surface area contributed by atoms with Crippen LogP contribution in [0.15, 0.2) is 41.1 Å². The number of halogens is 2. The summed E-state index contributed by atoms with van der Waals surface area (Å²) >= 11 is 12.4. The topological polar surface area (TPSA) is 101 Å². The molecular weight excluding hydrogens is 393 g/mol. The van der Waals surface area contributed by atoms with E-state index in [9.17, 15) is 15.8 Å². The van der Waals surface area contributed by atoms with Crippen molar-refractivity contribution in [2.75, 3.05) is 7.05 Å². The highest BCUT2D eigenvalue weighted by molar-refractivity contribution is 6.42. The van der Waals surface area contributed by atoms with Crippen molar-refractivity contribution in [3.8, 4) is 18.2 Å². The van der Waals surface area contributed by atoms with Gasteiger partial charge in [0.2, 0.25) is 0 Å². The zero-order valence-electron chi connectivity index (χ0n) is 15.2. The maximum atomic E-state index is 10.1. The molecule has 1 aromatic rings. The van der Waals surface area contributed by atoms with E-state index in [-0.39, 0.29) is 29.3 Å². The lowest BCUT2D eigenvalue weighted by Gasteiger charge is -2.48. The highest BCUT2D eigenvalue weighted by Crippen LogP contribution is 2.58. The van der Waals surface area contributed by atoms with Gasteiger partial charge < -0.3 is 5.73 Å². The molecule has 140 valence electrons. The number of nitrogens with zero attached hydrogens (tertiary/aromatic N) is 4. The van der Waals surface area contributed by atoms with Crippen molar-refractivity contribution in [1.82, 2.24) is 4.90 Å². The van der Waals surface area contributed by atoms with Crippen molar-refractivity contribution in [3.05, 3.63) is 56.7 Å². The molecule has 2 heterocycles. The second-order valence-electron chi connectivity index (χ2n) is 7.61. The highest BCUT2D eigenvalue weighted by Gasteiger charge is 2.58. The summed E-state index contributed by atoms with van der Waals surface area (Å²) in [6, 6.07) is 12.0. The van der Waals surface area contributed by atoms with Gasteiger partial charge in [0, 0.05) is 23.9 Å². The van der Waals surface area contributed by atoms with Crippen LogP contribution < -0.4 is 5.73 Å². The van der Waals surface area contributed by atoms with Crippen LogP contribution in [-0.2, 0) is 0 Å². The Bertz CT molecular complexity index is 1040. The molecule has 2 aliphatic heterocycles. The third kappa shape index (κ3) is 2.33. The van der Waals surface area contributed by atoms with Crippen LogP contribution in [0, 0.1) is 45.3 Å². The Kier molecular flexibility index (Phi) is 4.40. The minimum Gasteiger partial charge on any atom is -0.399 e. The maximum Gasteiger partial charge on any atom is 0.191 e. The fraction of sp³-hybridized carbons (Fsp3) is 0.381. The third-order valence-corrected chi connectivity index (χ3v) is 7.26. The first-order valence-electron chi connectivity index (χ1n) is 9.01. The van der Waals surface area contributed by atoms with Crippen molar-refractivity contribution >= 4 is 23.2 Å². The van der Waals surface area contributed by atoms with E-state index in [4.69, 9.17) is 28.9 Å². The van der Waals surface area contributed by atoms with Crippen LogP contribution in [-0.4, -0.2) is 24.0 Å². The quantitative estimate of drug-likeness (QED) is 0.757. The predicted molar refractivity (Wildman–Crippen MR) is 106 cm³/mol. The lowest BCUT2D eigenvalue weighted by atomic mass is 9.56. The molecule has 28 heavy (non-hydrogen) atoms. The zero-order chi connectivity index (χ0) is 20.2. The summed E-state index contributed by atoms with van der Waals surface area (Å²) in [7, 11) is 2.05. The normalized spacial score (nSPS) is 30.6. The molecule has 2 bridgehead atoms. The van der Waals surface area contributed by atoms with E-state index in [1.807, 2.05) is 0 Å². The van der Waals surface area contributed by atoms with Crippen molar-refractivity contribution in [2.24, 2.45) is 17.1 Å². The summed E-state index contributed by atoms with van der Waals surface area (Å²) in [6.07, 6.45) is 3.98. The average Bonchev–Trinajstić information content (AvgIpc) is 2.93. The van der Waals surface area contributed by atoms with Gasteiger partial charge in [-0.15, -0.1) is 0 Å². The van der Waals surface area contributed by atoms with Crippen LogP contribution in [0.1, 0.15) is 24.3 Å². The molecule has 4 rings (SSSR count). The number of nitrogens with two attached hydrogens (primary N) is 1. The van der Waals surface area contributed by atoms with E-state index in [2.05, 4.69) is 36.2 Å². The van der Waals surface area contributed by atoms with Crippen LogP contribution in [0.4, 0.5) is 0 Å². The Morgan fingerprint density at radius 2 is 1.86 bits per heavy atom. The first-order valence-corrected chi connectivity index (χ1v) is 9.77. The first kappa shape index (κ1) is 18.9. The summed E-state index contributed by atoms with van der Waals surface area (Å²) in [6.45, 7) is 0. The van der Waals surface area contributed by atoms with Crippen molar-refractivity contribution < 1.29 is 0 Å². The highest BCUT2D eigenvalue weighted by atomic mass is 35.5. The molecule has 2 N–H and O–H groups in total. The Labute approximate surface area is 173 Å². The molecule has 0 radical (unpaired) electrons. The van der Waals surface area contributed by atoms with Crippen LogP contribution in [0.25, 0.3) is 0 Å². The summed E-state index contributed by atoms with van der Waals surface area (Å²) < 4.78 is 0. The fourth-order valence-corrected chi connectivity index (χ4v) is 5.47. The largest absolute Gasteiger partial charge is 0.399 e. The van der Waals surface area contributed by atoms with Gasteiger partial charge in [0.15, 0.2) is 5.41 Å². The van der Waals surface area contributed by atoms with Gasteiger partial charge in [-0.3, -0.25) is 4.90 Å². The van der Waals surface area contributed by atoms with E-state index >= 15 is 0 Å². The Balaban J connectivity index is 2.05. The molecule has 0 unspecified atom stereocenters. The summed E-state index contributed by atoms with van der Waals surface area (Å²) in [5.41, 5.74) is 6.57. The van der Waals surface area contributed by atoms with E-state index in [1.54, 1.807) is 18.2 Å². The smallest absolute Gasteiger partial charge is 0.191 e. The molecule has 3 aliphatic rings. The van der Waals surface area contributed by atoms with Gasteiger partial charge in [-0.1, -0.05) is 35.3 Å². The van der Waals surface area contributed by atoms with Gasteiger partial charge in [-0.05, 0) is 43.2 Å². The van der Waals surface area contributed by atoms with E-state index in [0.717, 1.165) is 24.0 Å². The molecule has 4 atom stereocenters. The van der Waals surface area contributed by atoms with Gasteiger partial charge in [0.25, 0.3) is 0 Å². The molecule has 1 aromatic carbocycles. The van der Waals surface area contributed by atoms with Gasteiger partial charge in [-0.25, -0.2) is 0 Å². The number of hydrogen-bond acceptors (Lipinski definition) is 5. The molecule has 5 nitrogen and oxygen atoms in total. The van der Waals surface area contributed by atoms with Crippen molar-refractivity contribution in [2.45, 2.75) is 30.8 Å². The Morgan fingerprint density at radius 1 is 1.14 bits per heavy atom. The molecule has 1 saturated heterocycles. The minimum absolute atomic E-state index is 0.0301. The Morgan fingerprint density at radius 3 is 2.46 bits per heavy atom. The van der Waals surface area contributed by atoms with Gasteiger partial charge in [0.1, 0.15) is 6.07 Å². The zero-order valence-corrected chi connectivity index (χ0v) is 16.7. The van der Waals surface area contributed by atoms with Crippen LogP contribution in [0.5, 0.6) is 0 Å². The lowest BCUT2D eigenvalue weighted by molar-refractivity contribution is 0.160. The van der Waals surface area contributed by atoms with E-state index in [1.165, 1.54) is 0 Å². The van der Waals surface area contributed by atoms with E-state index < -0.39 is 11.3 Å². The van der Waals surface area contributed by atoms with Crippen molar-refractivity contribution in [3.63, 3.8) is 0 Å². The van der Waals surface area contributed by atoms with Gasteiger partial charge in [-0.2, -0.15) is 15.8 Å². The number of benzene rings is 1. The maximum absolute atomic E-state index is 10.1. The second kappa shape index (κ2) is 6.54. The molecule has 0 aromatic heterocycles. The number of fused-ring (bicyclic) bond motifs is 4. The van der Waals surface area contributed by atoms with Crippen LogP contribution in [0.3, 0.4) is 0 Å². The molecule has 0 spiro atoms. The summed E-state index contributed by atoms with van der Waals surface area (Å²) in [5.74, 6) is -0.755. The second-order valence-corrected chi connectivity index (χ2v) is 8.42. The monoisotopic (exact) mass is 409 g/mol. The number of nitriles is 3. The Hall–Kier alpha value is -2.49. The van der Waals surface area contributed by atoms with Crippen molar-refractivity contribution in [1.29, 1.82) is 15.8 Å². The van der Waals surface area contributed by atoms with Gasteiger partial charge >= 0.3 is 0 Å². The third-order valence-electron chi connectivity index (χ3n) is 6.53. The SMILES string of the molecule is CN1[C@@H]2CC[C@@H]1C=C1C(C#N)=C(N)C(C#N)(C#N)[C@H](c3ccc(Cl)c(Cl)c3)[C@@H]12.